The molecule has 1 heterocycles. The number of aliphatic hydroxyl groups is 1. The van der Waals surface area contributed by atoms with Crippen LogP contribution in [0.25, 0.3) is 5.76 Å². The predicted molar refractivity (Wildman–Crippen MR) is 125 cm³/mol. The molecular weight excluding hydrogens is 445 g/mol. The number of nitrogens with zero attached hydrogens (tertiary/aromatic N) is 1. The predicted octanol–water partition coefficient (Wildman–Crippen LogP) is 5.89. The summed E-state index contributed by atoms with van der Waals surface area (Å²) in [6.45, 7) is 2.47. The third kappa shape index (κ3) is 4.47. The van der Waals surface area contributed by atoms with Crippen molar-refractivity contribution >= 4 is 34.7 Å². The molecule has 0 aromatic heterocycles. The lowest BCUT2D eigenvalue weighted by Gasteiger charge is -2.25. The number of carbonyl (C=O) groups excluding carboxylic acids is 2. The highest BCUT2D eigenvalue weighted by atomic mass is 35.5. The average Bonchev–Trinajstić information content (AvgIpc) is 3.08. The molecule has 168 valence electrons. The van der Waals surface area contributed by atoms with E-state index in [1.165, 1.54) is 29.2 Å². The molecule has 7 heteroatoms. The Morgan fingerprint density at radius 3 is 2.48 bits per heavy atom. The molecule has 0 saturated carbocycles. The molecule has 1 saturated heterocycles. The maximum Gasteiger partial charge on any atom is 0.300 e. The van der Waals surface area contributed by atoms with E-state index >= 15 is 0 Å². The lowest BCUT2D eigenvalue weighted by molar-refractivity contribution is -0.132. The quantitative estimate of drug-likeness (QED) is 0.280. The molecule has 3 aromatic carbocycles. The maximum atomic E-state index is 14.0. The zero-order valence-electron chi connectivity index (χ0n) is 17.8. The van der Waals surface area contributed by atoms with Gasteiger partial charge in [0.05, 0.1) is 18.2 Å². The van der Waals surface area contributed by atoms with Gasteiger partial charge in [0, 0.05) is 16.3 Å². The van der Waals surface area contributed by atoms with E-state index < -0.39 is 23.5 Å². The van der Waals surface area contributed by atoms with Gasteiger partial charge in [0.2, 0.25) is 0 Å². The number of hydrogen-bond acceptors (Lipinski definition) is 4. The van der Waals surface area contributed by atoms with Crippen LogP contribution in [0.5, 0.6) is 5.75 Å². The number of ether oxygens (including phenoxy) is 1. The van der Waals surface area contributed by atoms with Gasteiger partial charge in [0.15, 0.2) is 0 Å². The van der Waals surface area contributed by atoms with Crippen LogP contribution in [0.1, 0.15) is 30.5 Å². The summed E-state index contributed by atoms with van der Waals surface area (Å²) in [6.07, 6.45) is 0.811. The SMILES string of the molecule is CCCOc1cccc(/C(O)=C2\C(=O)C(=O)N(c3cccc(F)c3)C2c2ccc(Cl)cc2)c1. The summed E-state index contributed by atoms with van der Waals surface area (Å²) in [6, 6.07) is 17.7. The number of anilines is 1. The molecule has 0 bridgehead atoms. The largest absolute Gasteiger partial charge is 0.507 e. The Balaban J connectivity index is 1.89. The molecule has 1 fully saturated rings. The molecule has 1 N–H and O–H groups in total. The van der Waals surface area contributed by atoms with Crippen molar-refractivity contribution in [3.05, 3.63) is 100 Å². The van der Waals surface area contributed by atoms with Crippen LogP contribution in [-0.4, -0.2) is 23.4 Å². The molecule has 1 aliphatic heterocycles. The molecule has 5 nitrogen and oxygen atoms in total. The third-order valence-electron chi connectivity index (χ3n) is 5.30. The molecule has 1 amide bonds. The summed E-state index contributed by atoms with van der Waals surface area (Å²) in [5, 5.41) is 11.7. The van der Waals surface area contributed by atoms with Gasteiger partial charge in [-0.3, -0.25) is 14.5 Å². The van der Waals surface area contributed by atoms with Crippen molar-refractivity contribution < 1.29 is 23.8 Å². The highest BCUT2D eigenvalue weighted by Gasteiger charge is 2.47. The summed E-state index contributed by atoms with van der Waals surface area (Å²) < 4.78 is 19.6. The van der Waals surface area contributed by atoms with Gasteiger partial charge in [0.1, 0.15) is 17.3 Å². The minimum Gasteiger partial charge on any atom is -0.507 e. The number of halogens is 2. The number of hydrogen-bond donors (Lipinski definition) is 1. The van der Waals surface area contributed by atoms with E-state index in [0.717, 1.165) is 6.42 Å². The first kappa shape index (κ1) is 22.6. The Hall–Kier alpha value is -3.64. The van der Waals surface area contributed by atoms with Crippen molar-refractivity contribution in [2.75, 3.05) is 11.5 Å². The second kappa shape index (κ2) is 9.46. The molecule has 3 aromatic rings. The van der Waals surface area contributed by atoms with Crippen molar-refractivity contribution in [1.82, 2.24) is 0 Å². The van der Waals surface area contributed by atoms with E-state index in [1.54, 1.807) is 48.5 Å². The lowest BCUT2D eigenvalue weighted by Crippen LogP contribution is -2.29. The first-order valence-electron chi connectivity index (χ1n) is 10.5. The van der Waals surface area contributed by atoms with Crippen LogP contribution in [0.3, 0.4) is 0 Å². The molecule has 1 aliphatic rings. The Kier molecular flexibility index (Phi) is 6.47. The molecule has 0 aliphatic carbocycles. The minimum absolute atomic E-state index is 0.0979. The maximum absolute atomic E-state index is 14.0. The summed E-state index contributed by atoms with van der Waals surface area (Å²) in [5.74, 6) is -2.08. The van der Waals surface area contributed by atoms with Crippen LogP contribution in [0, 0.1) is 5.82 Å². The molecule has 33 heavy (non-hydrogen) atoms. The Bertz CT molecular complexity index is 1240. The van der Waals surface area contributed by atoms with Crippen molar-refractivity contribution in [3.8, 4) is 5.75 Å². The zero-order chi connectivity index (χ0) is 23.5. The summed E-state index contributed by atoms with van der Waals surface area (Å²) in [7, 11) is 0. The van der Waals surface area contributed by atoms with E-state index in [1.807, 2.05) is 6.92 Å². The molecule has 4 rings (SSSR count). The normalized spacial score (nSPS) is 17.4. The van der Waals surface area contributed by atoms with Crippen molar-refractivity contribution in [1.29, 1.82) is 0 Å². The highest BCUT2D eigenvalue weighted by Crippen LogP contribution is 2.42. The highest BCUT2D eigenvalue weighted by molar-refractivity contribution is 6.51. The number of Topliss-reactive ketones (excluding diaryl/α,β-unsaturated/α-hetero) is 1. The fourth-order valence-electron chi connectivity index (χ4n) is 3.79. The van der Waals surface area contributed by atoms with Crippen LogP contribution >= 0.6 is 11.6 Å². The first-order chi connectivity index (χ1) is 15.9. The van der Waals surface area contributed by atoms with Crippen LogP contribution in [0.4, 0.5) is 10.1 Å². The fraction of sp³-hybridized carbons (Fsp3) is 0.154. The first-order valence-corrected chi connectivity index (χ1v) is 10.8. The molecule has 1 unspecified atom stereocenters. The summed E-state index contributed by atoms with van der Waals surface area (Å²) in [4.78, 5) is 27.4. The van der Waals surface area contributed by atoms with E-state index in [9.17, 15) is 19.1 Å². The molecule has 0 spiro atoms. The van der Waals surface area contributed by atoms with Gasteiger partial charge >= 0.3 is 0 Å². The van der Waals surface area contributed by atoms with Gasteiger partial charge in [-0.1, -0.05) is 48.9 Å². The summed E-state index contributed by atoms with van der Waals surface area (Å²) in [5.41, 5.74) is 0.984. The van der Waals surface area contributed by atoms with Crippen molar-refractivity contribution in [3.63, 3.8) is 0 Å². The Morgan fingerprint density at radius 1 is 1.06 bits per heavy atom. The molecular formula is C26H21ClFNO4. The van der Waals surface area contributed by atoms with Gasteiger partial charge in [-0.05, 0) is 54.4 Å². The number of carbonyl (C=O) groups is 2. The van der Waals surface area contributed by atoms with E-state index in [0.29, 0.717) is 28.5 Å². The van der Waals surface area contributed by atoms with Crippen LogP contribution in [0.15, 0.2) is 78.4 Å². The van der Waals surface area contributed by atoms with Gasteiger partial charge in [0.25, 0.3) is 11.7 Å². The van der Waals surface area contributed by atoms with Crippen LogP contribution in [-0.2, 0) is 9.59 Å². The van der Waals surface area contributed by atoms with Gasteiger partial charge in [-0.2, -0.15) is 0 Å². The number of ketones is 1. The Morgan fingerprint density at radius 2 is 1.79 bits per heavy atom. The molecule has 0 radical (unpaired) electrons. The van der Waals surface area contributed by atoms with Gasteiger partial charge in [-0.15, -0.1) is 0 Å². The van der Waals surface area contributed by atoms with Crippen molar-refractivity contribution in [2.24, 2.45) is 0 Å². The third-order valence-corrected chi connectivity index (χ3v) is 5.55. The summed E-state index contributed by atoms with van der Waals surface area (Å²) >= 11 is 6.03. The number of amides is 1. The van der Waals surface area contributed by atoms with E-state index in [2.05, 4.69) is 0 Å². The smallest absolute Gasteiger partial charge is 0.300 e. The van der Waals surface area contributed by atoms with Gasteiger partial charge in [-0.25, -0.2) is 4.39 Å². The number of aliphatic hydroxyl groups excluding tert-OH is 1. The second-order valence-electron chi connectivity index (χ2n) is 7.58. The van der Waals surface area contributed by atoms with Crippen LogP contribution in [0.2, 0.25) is 5.02 Å². The Labute approximate surface area is 195 Å². The second-order valence-corrected chi connectivity index (χ2v) is 8.01. The standard InChI is InChI=1S/C26H21ClFNO4/c1-2-13-33-21-8-3-5-17(14-21)24(30)22-23(16-9-11-18(27)12-10-16)29(26(32)25(22)31)20-7-4-6-19(28)15-20/h3-12,14-15,23,30H,2,13H2,1H3/b24-22+. The number of rotatable bonds is 6. The van der Waals surface area contributed by atoms with Gasteiger partial charge < -0.3 is 9.84 Å². The monoisotopic (exact) mass is 465 g/mol. The fourth-order valence-corrected chi connectivity index (χ4v) is 3.92. The van der Waals surface area contributed by atoms with E-state index in [-0.39, 0.29) is 17.0 Å². The average molecular weight is 466 g/mol. The zero-order valence-corrected chi connectivity index (χ0v) is 18.6. The van der Waals surface area contributed by atoms with Crippen molar-refractivity contribution in [2.45, 2.75) is 19.4 Å². The number of benzene rings is 3. The van der Waals surface area contributed by atoms with Crippen LogP contribution < -0.4 is 9.64 Å². The lowest BCUT2D eigenvalue weighted by atomic mass is 9.95. The minimum atomic E-state index is -0.968. The van der Waals surface area contributed by atoms with E-state index in [4.69, 9.17) is 16.3 Å². The topological polar surface area (TPSA) is 66.8 Å². The molecule has 1 atom stereocenters.